The molecule has 18 heavy (non-hydrogen) atoms. The van der Waals surface area contributed by atoms with Crippen molar-refractivity contribution in [2.45, 2.75) is 31.5 Å². The molecule has 0 aromatic carbocycles. The van der Waals surface area contributed by atoms with E-state index in [0.29, 0.717) is 11.2 Å². The van der Waals surface area contributed by atoms with Gasteiger partial charge in [0.25, 0.3) is 0 Å². The summed E-state index contributed by atoms with van der Waals surface area (Å²) in [5, 5.41) is 19.6. The smallest absolute Gasteiger partial charge is 0.167 e. The SMILES string of the molecule is C[C@@H]1O[C@@H](n2cnc3c(N)ncnc32)[C@@H](O)[C@H]1O. The summed E-state index contributed by atoms with van der Waals surface area (Å²) >= 11 is 0. The molecule has 8 nitrogen and oxygen atoms in total. The molecule has 96 valence electrons. The monoisotopic (exact) mass is 251 g/mol. The van der Waals surface area contributed by atoms with Crippen LogP contribution in [0.2, 0.25) is 0 Å². The topological polar surface area (TPSA) is 119 Å². The molecule has 0 unspecified atom stereocenters. The van der Waals surface area contributed by atoms with Gasteiger partial charge in [0.15, 0.2) is 17.7 Å². The highest BCUT2D eigenvalue weighted by Gasteiger charge is 2.41. The van der Waals surface area contributed by atoms with Gasteiger partial charge in [-0.1, -0.05) is 0 Å². The van der Waals surface area contributed by atoms with E-state index < -0.39 is 24.5 Å². The van der Waals surface area contributed by atoms with Gasteiger partial charge in [-0.15, -0.1) is 0 Å². The molecule has 0 bridgehead atoms. The van der Waals surface area contributed by atoms with Crippen LogP contribution in [0.4, 0.5) is 5.82 Å². The van der Waals surface area contributed by atoms with Gasteiger partial charge in [-0.2, -0.15) is 0 Å². The minimum absolute atomic E-state index is 0.264. The fourth-order valence-electron chi connectivity index (χ4n) is 2.11. The van der Waals surface area contributed by atoms with E-state index in [2.05, 4.69) is 15.0 Å². The minimum Gasteiger partial charge on any atom is -0.388 e. The van der Waals surface area contributed by atoms with Gasteiger partial charge < -0.3 is 20.7 Å². The number of aliphatic hydroxyl groups excluding tert-OH is 2. The Labute approximate surface area is 102 Å². The molecule has 2 aromatic heterocycles. The van der Waals surface area contributed by atoms with Crippen molar-refractivity contribution in [3.63, 3.8) is 0 Å². The van der Waals surface area contributed by atoms with Gasteiger partial charge in [0.05, 0.1) is 12.4 Å². The molecule has 2 aromatic rings. The van der Waals surface area contributed by atoms with Crippen LogP contribution in [-0.4, -0.2) is 48.0 Å². The Kier molecular flexibility index (Phi) is 2.44. The van der Waals surface area contributed by atoms with E-state index in [4.69, 9.17) is 10.5 Å². The number of ether oxygens (including phenoxy) is 1. The van der Waals surface area contributed by atoms with Crippen molar-refractivity contribution in [1.82, 2.24) is 19.5 Å². The molecule has 0 spiro atoms. The van der Waals surface area contributed by atoms with Gasteiger partial charge in [-0.25, -0.2) is 15.0 Å². The molecule has 1 aliphatic heterocycles. The lowest BCUT2D eigenvalue weighted by molar-refractivity contribution is -0.0299. The highest BCUT2D eigenvalue weighted by Crippen LogP contribution is 2.31. The maximum atomic E-state index is 9.93. The van der Waals surface area contributed by atoms with Crippen molar-refractivity contribution in [3.05, 3.63) is 12.7 Å². The lowest BCUT2D eigenvalue weighted by atomic mass is 10.1. The van der Waals surface area contributed by atoms with Crippen LogP contribution in [0, 0.1) is 0 Å². The highest BCUT2D eigenvalue weighted by atomic mass is 16.6. The first-order valence-corrected chi connectivity index (χ1v) is 5.54. The van der Waals surface area contributed by atoms with Crippen LogP contribution in [0.1, 0.15) is 13.2 Å². The average Bonchev–Trinajstić information content (AvgIpc) is 2.88. The number of rotatable bonds is 1. The van der Waals surface area contributed by atoms with Crippen molar-refractivity contribution in [3.8, 4) is 0 Å². The van der Waals surface area contributed by atoms with Crippen LogP contribution in [-0.2, 0) is 4.74 Å². The Morgan fingerprint density at radius 2 is 2.06 bits per heavy atom. The first-order valence-electron chi connectivity index (χ1n) is 5.54. The summed E-state index contributed by atoms with van der Waals surface area (Å²) in [5.74, 6) is 0.264. The van der Waals surface area contributed by atoms with Crippen molar-refractivity contribution in [1.29, 1.82) is 0 Å². The first-order chi connectivity index (χ1) is 8.59. The van der Waals surface area contributed by atoms with Crippen LogP contribution in [0.5, 0.6) is 0 Å². The second kappa shape index (κ2) is 3.87. The normalized spacial score (nSPS) is 32.2. The molecule has 3 heterocycles. The highest BCUT2D eigenvalue weighted by molar-refractivity contribution is 5.81. The molecule has 1 fully saturated rings. The van der Waals surface area contributed by atoms with Crippen LogP contribution >= 0.6 is 0 Å². The lowest BCUT2D eigenvalue weighted by Crippen LogP contribution is -2.30. The van der Waals surface area contributed by atoms with E-state index in [1.165, 1.54) is 12.7 Å². The number of hydrogen-bond acceptors (Lipinski definition) is 7. The molecule has 1 aliphatic rings. The van der Waals surface area contributed by atoms with Gasteiger partial charge in [0.2, 0.25) is 0 Å². The van der Waals surface area contributed by atoms with Crippen molar-refractivity contribution >= 4 is 17.0 Å². The number of nitrogens with two attached hydrogens (primary N) is 1. The summed E-state index contributed by atoms with van der Waals surface area (Å²) in [7, 11) is 0. The standard InChI is InChI=1S/C10H13N5O3/c1-4-6(16)7(17)10(18-4)15-3-14-5-8(11)12-2-13-9(5)15/h2-4,6-7,10,16-17H,1H3,(H2,11,12,13)/t4-,6-,7-,10+/m0/s1. The number of nitrogen functional groups attached to an aromatic ring is 1. The largest absolute Gasteiger partial charge is 0.388 e. The molecule has 3 rings (SSSR count). The fraction of sp³-hybridized carbons (Fsp3) is 0.500. The number of fused-ring (bicyclic) bond motifs is 1. The zero-order valence-electron chi connectivity index (χ0n) is 9.63. The van der Waals surface area contributed by atoms with E-state index >= 15 is 0 Å². The van der Waals surface area contributed by atoms with E-state index in [9.17, 15) is 10.2 Å². The van der Waals surface area contributed by atoms with Crippen molar-refractivity contribution < 1.29 is 14.9 Å². The Hall–Kier alpha value is -1.77. The van der Waals surface area contributed by atoms with E-state index in [1.807, 2.05) is 0 Å². The molecular formula is C10H13N5O3. The lowest BCUT2D eigenvalue weighted by Gasteiger charge is -2.16. The molecule has 1 saturated heterocycles. The summed E-state index contributed by atoms with van der Waals surface area (Å²) in [5.41, 5.74) is 6.59. The second-order valence-electron chi connectivity index (χ2n) is 4.30. The Balaban J connectivity index is 2.08. The van der Waals surface area contributed by atoms with E-state index in [-0.39, 0.29) is 5.82 Å². The number of aliphatic hydroxyl groups is 2. The summed E-state index contributed by atoms with van der Waals surface area (Å²) in [6.45, 7) is 1.69. The van der Waals surface area contributed by atoms with Gasteiger partial charge in [-0.3, -0.25) is 4.57 Å². The number of nitrogens with zero attached hydrogens (tertiary/aromatic N) is 4. The van der Waals surface area contributed by atoms with E-state index in [1.54, 1.807) is 11.5 Å². The molecule has 0 radical (unpaired) electrons. The summed E-state index contributed by atoms with van der Waals surface area (Å²) in [4.78, 5) is 12.0. The Morgan fingerprint density at radius 1 is 1.28 bits per heavy atom. The predicted octanol–water partition coefficient (Wildman–Crippen LogP) is -0.952. The average molecular weight is 251 g/mol. The minimum atomic E-state index is -1.03. The Morgan fingerprint density at radius 3 is 2.72 bits per heavy atom. The zero-order valence-corrected chi connectivity index (χ0v) is 9.63. The molecule has 0 aliphatic carbocycles. The molecule has 0 amide bonds. The third-order valence-corrected chi connectivity index (χ3v) is 3.14. The van der Waals surface area contributed by atoms with Gasteiger partial charge >= 0.3 is 0 Å². The number of hydrogen-bond donors (Lipinski definition) is 3. The van der Waals surface area contributed by atoms with Crippen LogP contribution in [0.15, 0.2) is 12.7 Å². The number of imidazole rings is 1. The third kappa shape index (κ3) is 1.47. The molecule has 4 atom stereocenters. The van der Waals surface area contributed by atoms with Crippen LogP contribution in [0.25, 0.3) is 11.2 Å². The maximum Gasteiger partial charge on any atom is 0.167 e. The van der Waals surface area contributed by atoms with Gasteiger partial charge in [0, 0.05) is 0 Å². The van der Waals surface area contributed by atoms with Gasteiger partial charge in [0.1, 0.15) is 24.1 Å². The van der Waals surface area contributed by atoms with Crippen molar-refractivity contribution in [2.75, 3.05) is 5.73 Å². The second-order valence-corrected chi connectivity index (χ2v) is 4.30. The molecule has 8 heteroatoms. The van der Waals surface area contributed by atoms with E-state index in [0.717, 1.165) is 0 Å². The van der Waals surface area contributed by atoms with Crippen LogP contribution in [0.3, 0.4) is 0 Å². The first kappa shape index (κ1) is 11.3. The number of anilines is 1. The van der Waals surface area contributed by atoms with Crippen LogP contribution < -0.4 is 5.73 Å². The zero-order chi connectivity index (χ0) is 12.9. The summed E-state index contributed by atoms with van der Waals surface area (Å²) in [6, 6.07) is 0. The fourth-order valence-corrected chi connectivity index (χ4v) is 2.11. The molecular weight excluding hydrogens is 238 g/mol. The van der Waals surface area contributed by atoms with Crippen molar-refractivity contribution in [2.24, 2.45) is 0 Å². The summed E-state index contributed by atoms with van der Waals surface area (Å²) < 4.78 is 7.05. The van der Waals surface area contributed by atoms with Gasteiger partial charge in [-0.05, 0) is 6.92 Å². The molecule has 4 N–H and O–H groups in total. The third-order valence-electron chi connectivity index (χ3n) is 3.14. The maximum absolute atomic E-state index is 9.93. The quantitative estimate of drug-likeness (QED) is 0.597. The molecule has 0 saturated carbocycles. The predicted molar refractivity (Wildman–Crippen MR) is 61.3 cm³/mol. The number of aromatic nitrogens is 4. The Bertz CT molecular complexity index is 586. The summed E-state index contributed by atoms with van der Waals surface area (Å²) in [6.07, 6.45) is -0.373.